The van der Waals surface area contributed by atoms with Crippen molar-refractivity contribution in [2.75, 3.05) is 13.1 Å². The number of carbonyl (C=O) groups excluding carboxylic acids is 3. The quantitative estimate of drug-likeness (QED) is 0.613. The van der Waals surface area contributed by atoms with E-state index in [4.69, 9.17) is 0 Å². The van der Waals surface area contributed by atoms with Crippen LogP contribution in [0, 0.1) is 0 Å². The van der Waals surface area contributed by atoms with Gasteiger partial charge in [-0.1, -0.05) is 55.7 Å². The van der Waals surface area contributed by atoms with Crippen LogP contribution >= 0.6 is 0 Å². The zero-order valence-electron chi connectivity index (χ0n) is 20.9. The number of phenols is 1. The summed E-state index contributed by atoms with van der Waals surface area (Å²) in [7, 11) is 0. The number of nitrogens with one attached hydrogen (secondary N) is 1. The number of fused-ring (bicyclic) bond motifs is 1. The zero-order valence-corrected chi connectivity index (χ0v) is 20.9. The van der Waals surface area contributed by atoms with Gasteiger partial charge in [0.25, 0.3) is 5.91 Å². The first kappa shape index (κ1) is 25.9. The van der Waals surface area contributed by atoms with E-state index in [1.807, 2.05) is 36.4 Å². The third-order valence-electron chi connectivity index (χ3n) is 7.41. The highest BCUT2D eigenvalue weighted by molar-refractivity contribution is 6.05. The molecule has 3 heterocycles. The van der Waals surface area contributed by atoms with Crippen LogP contribution in [0.25, 0.3) is 0 Å². The van der Waals surface area contributed by atoms with E-state index in [9.17, 15) is 19.5 Å². The van der Waals surface area contributed by atoms with Gasteiger partial charge in [-0.25, -0.2) is 0 Å². The summed E-state index contributed by atoms with van der Waals surface area (Å²) in [6.45, 7) is 3.07. The van der Waals surface area contributed by atoms with Gasteiger partial charge in [0.1, 0.15) is 11.8 Å². The predicted molar refractivity (Wildman–Crippen MR) is 138 cm³/mol. The second kappa shape index (κ2) is 12.7. The van der Waals surface area contributed by atoms with Crippen molar-refractivity contribution in [1.29, 1.82) is 0 Å². The molecule has 0 spiro atoms. The van der Waals surface area contributed by atoms with Gasteiger partial charge >= 0.3 is 0 Å². The maximum absolute atomic E-state index is 12.2. The van der Waals surface area contributed by atoms with Crippen LogP contribution in [-0.4, -0.2) is 57.8 Å². The molecule has 1 unspecified atom stereocenters. The summed E-state index contributed by atoms with van der Waals surface area (Å²) in [5.74, 6) is -0.870. The number of rotatable bonds is 2. The van der Waals surface area contributed by atoms with Gasteiger partial charge in [0.05, 0.1) is 0 Å². The topological polar surface area (TPSA) is 90.0 Å². The summed E-state index contributed by atoms with van der Waals surface area (Å²) >= 11 is 0. The summed E-state index contributed by atoms with van der Waals surface area (Å²) in [4.78, 5) is 39.3. The minimum atomic E-state index is -0.611. The molecule has 2 aromatic carbocycles. The lowest BCUT2D eigenvalue weighted by Gasteiger charge is -2.30. The number of likely N-dealkylation sites (tertiary alicyclic amines) is 1. The number of phenolic OH excluding ortho intramolecular Hbond substituents is 1. The van der Waals surface area contributed by atoms with Crippen molar-refractivity contribution in [3.8, 4) is 5.75 Å². The van der Waals surface area contributed by atoms with Crippen LogP contribution in [-0.2, 0) is 16.1 Å². The van der Waals surface area contributed by atoms with E-state index in [0.29, 0.717) is 17.5 Å². The van der Waals surface area contributed by atoms with Gasteiger partial charge in [-0.2, -0.15) is 0 Å². The lowest BCUT2D eigenvalue weighted by atomic mass is 9.94. The maximum atomic E-state index is 12.2. The predicted octanol–water partition coefficient (Wildman–Crippen LogP) is 4.25. The molecule has 0 bridgehead atoms. The molecule has 3 aliphatic heterocycles. The molecule has 1 aliphatic carbocycles. The average molecular weight is 492 g/mol. The van der Waals surface area contributed by atoms with Crippen molar-refractivity contribution in [3.05, 3.63) is 65.7 Å². The number of piperidine rings is 1. The monoisotopic (exact) mass is 491 g/mol. The molecule has 2 aromatic rings. The standard InChI is InChI=1S/C13H12N2O4.C10H19N.C6H6/c16-8-1-2-9-7(5-8)6-15(13(9)19)10-3-4-11(17)14-12(10)18;1-2-6-10(7-3-1)11-8-4-5-9-11;1-2-4-6-5-3-1/h1-2,5,10,16H,3-4,6H2,(H,14,17,18);10H,1-9H2;1-6H. The molecule has 36 heavy (non-hydrogen) atoms. The first-order valence-electron chi connectivity index (χ1n) is 13.2. The molecule has 1 atom stereocenters. The Morgan fingerprint density at radius 1 is 0.806 bits per heavy atom. The number of hydrogen-bond donors (Lipinski definition) is 2. The van der Waals surface area contributed by atoms with Crippen LogP contribution in [0.1, 0.15) is 73.7 Å². The molecule has 3 fully saturated rings. The van der Waals surface area contributed by atoms with Crippen LogP contribution in [0.5, 0.6) is 5.75 Å². The van der Waals surface area contributed by atoms with Gasteiger partial charge in [-0.3, -0.25) is 19.7 Å². The highest BCUT2D eigenvalue weighted by Crippen LogP contribution is 2.29. The second-order valence-corrected chi connectivity index (χ2v) is 9.93. The summed E-state index contributed by atoms with van der Waals surface area (Å²) < 4.78 is 0. The Morgan fingerprint density at radius 2 is 1.44 bits per heavy atom. The third kappa shape index (κ3) is 6.72. The summed E-state index contributed by atoms with van der Waals surface area (Å²) in [6, 6.07) is 16.9. The molecule has 7 heteroatoms. The van der Waals surface area contributed by atoms with Crippen molar-refractivity contribution in [2.45, 2.75) is 76.4 Å². The van der Waals surface area contributed by atoms with Crippen LogP contribution < -0.4 is 5.32 Å². The van der Waals surface area contributed by atoms with Crippen molar-refractivity contribution in [3.63, 3.8) is 0 Å². The van der Waals surface area contributed by atoms with Gasteiger partial charge in [0, 0.05) is 24.6 Å². The fraction of sp³-hybridized carbons (Fsp3) is 0.483. The fourth-order valence-electron chi connectivity index (χ4n) is 5.50. The van der Waals surface area contributed by atoms with E-state index < -0.39 is 11.9 Å². The van der Waals surface area contributed by atoms with Crippen molar-refractivity contribution >= 4 is 17.7 Å². The first-order valence-corrected chi connectivity index (χ1v) is 13.2. The number of nitrogens with zero attached hydrogens (tertiary/aromatic N) is 2. The molecular weight excluding hydrogens is 454 g/mol. The van der Waals surface area contributed by atoms with E-state index >= 15 is 0 Å². The Balaban J connectivity index is 0.000000149. The molecule has 1 saturated carbocycles. The molecule has 2 saturated heterocycles. The number of carbonyl (C=O) groups is 3. The van der Waals surface area contributed by atoms with Crippen LogP contribution in [0.4, 0.5) is 0 Å². The minimum absolute atomic E-state index is 0.0941. The van der Waals surface area contributed by atoms with Crippen LogP contribution in [0.2, 0.25) is 0 Å². The number of imide groups is 1. The van der Waals surface area contributed by atoms with Crippen molar-refractivity contribution in [2.24, 2.45) is 0 Å². The first-order chi connectivity index (χ1) is 17.5. The summed E-state index contributed by atoms with van der Waals surface area (Å²) in [5, 5.41) is 11.7. The summed E-state index contributed by atoms with van der Waals surface area (Å²) in [5.41, 5.74) is 1.21. The largest absolute Gasteiger partial charge is 0.508 e. The van der Waals surface area contributed by atoms with Gasteiger partial charge in [-0.05, 0) is 69.0 Å². The number of hydrogen-bond acceptors (Lipinski definition) is 5. The van der Waals surface area contributed by atoms with Gasteiger partial charge < -0.3 is 14.9 Å². The Hall–Kier alpha value is -3.19. The second-order valence-electron chi connectivity index (χ2n) is 9.93. The van der Waals surface area contributed by atoms with E-state index in [-0.39, 0.29) is 30.5 Å². The molecule has 6 rings (SSSR count). The average Bonchev–Trinajstić information content (AvgIpc) is 3.55. The molecule has 7 nitrogen and oxygen atoms in total. The van der Waals surface area contributed by atoms with Gasteiger partial charge in [0.2, 0.25) is 11.8 Å². The molecule has 192 valence electrons. The smallest absolute Gasteiger partial charge is 0.255 e. The third-order valence-corrected chi connectivity index (χ3v) is 7.41. The van der Waals surface area contributed by atoms with E-state index in [1.54, 1.807) is 6.07 Å². The highest BCUT2D eigenvalue weighted by atomic mass is 16.3. The SMILES string of the molecule is C1CCC(N2CCCC2)CC1.O=C1CCC(N2Cc3cc(O)ccc3C2=O)C(=O)N1.c1ccccc1. The van der Waals surface area contributed by atoms with Crippen molar-refractivity contribution in [1.82, 2.24) is 15.1 Å². The Kier molecular flexibility index (Phi) is 9.11. The fourth-order valence-corrected chi connectivity index (χ4v) is 5.50. The number of amides is 3. The van der Waals surface area contributed by atoms with Crippen LogP contribution in [0.3, 0.4) is 0 Å². The van der Waals surface area contributed by atoms with Crippen molar-refractivity contribution < 1.29 is 19.5 Å². The van der Waals surface area contributed by atoms with E-state index in [0.717, 1.165) is 6.04 Å². The summed E-state index contributed by atoms with van der Waals surface area (Å²) in [6.07, 6.45) is 10.9. The Labute approximate surface area is 213 Å². The number of aromatic hydroxyl groups is 1. The molecule has 0 radical (unpaired) electrons. The molecule has 4 aliphatic rings. The molecular formula is C29H37N3O4. The normalized spacial score (nSPS) is 22.2. The van der Waals surface area contributed by atoms with Crippen LogP contribution in [0.15, 0.2) is 54.6 Å². The molecule has 2 N–H and O–H groups in total. The zero-order chi connectivity index (χ0) is 25.3. The minimum Gasteiger partial charge on any atom is -0.508 e. The number of benzene rings is 2. The lowest BCUT2D eigenvalue weighted by Crippen LogP contribution is -2.52. The van der Waals surface area contributed by atoms with Gasteiger partial charge in [-0.15, -0.1) is 0 Å². The Morgan fingerprint density at radius 3 is 2.06 bits per heavy atom. The van der Waals surface area contributed by atoms with Gasteiger partial charge in [0.15, 0.2) is 0 Å². The molecule has 0 aromatic heterocycles. The highest BCUT2D eigenvalue weighted by Gasteiger charge is 2.39. The lowest BCUT2D eigenvalue weighted by molar-refractivity contribution is -0.136. The molecule has 3 amide bonds. The Bertz CT molecular complexity index is 1000. The van der Waals surface area contributed by atoms with E-state index in [2.05, 4.69) is 10.2 Å². The van der Waals surface area contributed by atoms with E-state index in [1.165, 1.54) is 75.1 Å². The maximum Gasteiger partial charge on any atom is 0.255 e.